The first kappa shape index (κ1) is 14.5. The average Bonchev–Trinajstić information content (AvgIpc) is 3.04. The summed E-state index contributed by atoms with van der Waals surface area (Å²) < 4.78 is 0. The lowest BCUT2D eigenvalue weighted by atomic mass is 10.1. The first-order valence-corrected chi connectivity index (χ1v) is 7.46. The van der Waals surface area contributed by atoms with Crippen LogP contribution in [-0.4, -0.2) is 37.1 Å². The highest BCUT2D eigenvalue weighted by Gasteiger charge is 2.25. The standard InChI is InChI=1S/C17H20N4O/c1-19-14-7-8-21(11-14)17-15(16(18)22)9-13(10-20-17)12-5-3-2-4-6-12/h2-6,9-10,14,19H,7-8,11H2,1H3,(H2,18,22)/t14-/m0/s1. The summed E-state index contributed by atoms with van der Waals surface area (Å²) in [5.74, 6) is 0.248. The van der Waals surface area contributed by atoms with Gasteiger partial charge in [0.25, 0.3) is 5.91 Å². The van der Waals surface area contributed by atoms with E-state index in [0.717, 1.165) is 30.6 Å². The number of pyridine rings is 1. The molecule has 22 heavy (non-hydrogen) atoms. The van der Waals surface area contributed by atoms with Crippen LogP contribution in [0, 0.1) is 0 Å². The molecule has 3 N–H and O–H groups in total. The van der Waals surface area contributed by atoms with Crippen molar-refractivity contribution in [3.05, 3.63) is 48.2 Å². The second-order valence-corrected chi connectivity index (χ2v) is 5.55. The molecule has 3 rings (SSSR count). The minimum atomic E-state index is -0.437. The Kier molecular flexibility index (Phi) is 4.06. The minimum Gasteiger partial charge on any atom is -0.365 e. The van der Waals surface area contributed by atoms with Crippen molar-refractivity contribution in [3.63, 3.8) is 0 Å². The molecule has 5 nitrogen and oxygen atoms in total. The molecular formula is C17H20N4O. The van der Waals surface area contributed by atoms with E-state index >= 15 is 0 Å². The van der Waals surface area contributed by atoms with Gasteiger partial charge in [-0.2, -0.15) is 0 Å². The number of anilines is 1. The Bertz CT molecular complexity index is 672. The summed E-state index contributed by atoms with van der Waals surface area (Å²) in [6, 6.07) is 12.1. The van der Waals surface area contributed by atoms with Gasteiger partial charge < -0.3 is 16.0 Å². The van der Waals surface area contributed by atoms with Crippen molar-refractivity contribution in [2.75, 3.05) is 25.0 Å². The van der Waals surface area contributed by atoms with Crippen LogP contribution in [0.3, 0.4) is 0 Å². The van der Waals surface area contributed by atoms with Gasteiger partial charge in [-0.25, -0.2) is 4.98 Å². The van der Waals surface area contributed by atoms with E-state index in [1.54, 1.807) is 0 Å². The third-order valence-corrected chi connectivity index (χ3v) is 4.14. The number of carbonyl (C=O) groups excluding carboxylic acids is 1. The molecule has 0 unspecified atom stereocenters. The van der Waals surface area contributed by atoms with Crippen molar-refractivity contribution in [3.8, 4) is 11.1 Å². The van der Waals surface area contributed by atoms with Gasteiger partial charge in [-0.1, -0.05) is 30.3 Å². The van der Waals surface area contributed by atoms with E-state index in [9.17, 15) is 4.79 Å². The second-order valence-electron chi connectivity index (χ2n) is 5.55. The molecule has 1 fully saturated rings. The molecule has 0 radical (unpaired) electrons. The van der Waals surface area contributed by atoms with Crippen LogP contribution in [0.15, 0.2) is 42.6 Å². The van der Waals surface area contributed by atoms with Gasteiger partial charge in [-0.15, -0.1) is 0 Å². The SMILES string of the molecule is CN[C@H]1CCN(c2ncc(-c3ccccc3)cc2C(N)=O)C1. The number of nitrogens with two attached hydrogens (primary N) is 1. The normalized spacial score (nSPS) is 17.7. The number of primary amides is 1. The van der Waals surface area contributed by atoms with Gasteiger partial charge in [0.2, 0.25) is 0 Å². The van der Waals surface area contributed by atoms with E-state index in [1.165, 1.54) is 0 Å². The van der Waals surface area contributed by atoms with Crippen molar-refractivity contribution in [1.82, 2.24) is 10.3 Å². The van der Waals surface area contributed by atoms with Crippen LogP contribution in [0.5, 0.6) is 0 Å². The summed E-state index contributed by atoms with van der Waals surface area (Å²) in [6.45, 7) is 1.72. The maximum absolute atomic E-state index is 11.9. The molecule has 0 bridgehead atoms. The molecule has 5 heteroatoms. The number of amides is 1. The van der Waals surface area contributed by atoms with E-state index in [2.05, 4.69) is 15.2 Å². The van der Waals surface area contributed by atoms with Crippen molar-refractivity contribution in [2.24, 2.45) is 5.73 Å². The molecule has 1 aliphatic heterocycles. The van der Waals surface area contributed by atoms with Crippen LogP contribution in [0.1, 0.15) is 16.8 Å². The lowest BCUT2D eigenvalue weighted by Gasteiger charge is -2.20. The number of benzene rings is 1. The molecule has 1 atom stereocenters. The van der Waals surface area contributed by atoms with Crippen molar-refractivity contribution < 1.29 is 4.79 Å². The second kappa shape index (κ2) is 6.15. The summed E-state index contributed by atoms with van der Waals surface area (Å²) in [5.41, 5.74) is 7.99. The summed E-state index contributed by atoms with van der Waals surface area (Å²) >= 11 is 0. The quantitative estimate of drug-likeness (QED) is 0.900. The number of aromatic nitrogens is 1. The zero-order valence-electron chi connectivity index (χ0n) is 12.6. The number of hydrogen-bond acceptors (Lipinski definition) is 4. The summed E-state index contributed by atoms with van der Waals surface area (Å²) in [6.07, 6.45) is 2.85. The number of nitrogens with zero attached hydrogens (tertiary/aromatic N) is 2. The molecule has 114 valence electrons. The molecule has 0 saturated carbocycles. The highest BCUT2D eigenvalue weighted by Crippen LogP contribution is 2.27. The number of nitrogens with one attached hydrogen (secondary N) is 1. The van der Waals surface area contributed by atoms with E-state index in [0.29, 0.717) is 17.4 Å². The molecule has 1 amide bonds. The zero-order valence-corrected chi connectivity index (χ0v) is 12.6. The van der Waals surface area contributed by atoms with E-state index in [-0.39, 0.29) is 0 Å². The molecular weight excluding hydrogens is 276 g/mol. The van der Waals surface area contributed by atoms with Crippen LogP contribution < -0.4 is 16.0 Å². The number of hydrogen-bond donors (Lipinski definition) is 2. The van der Waals surface area contributed by atoms with Crippen LogP contribution in [-0.2, 0) is 0 Å². The van der Waals surface area contributed by atoms with Gasteiger partial charge in [0, 0.05) is 30.9 Å². The fourth-order valence-electron chi connectivity index (χ4n) is 2.87. The number of carbonyl (C=O) groups is 1. The molecule has 2 heterocycles. The fraction of sp³-hybridized carbons (Fsp3) is 0.294. The lowest BCUT2D eigenvalue weighted by molar-refractivity contribution is 0.100. The lowest BCUT2D eigenvalue weighted by Crippen LogP contribution is -2.31. The monoisotopic (exact) mass is 296 g/mol. The van der Waals surface area contributed by atoms with Crippen LogP contribution >= 0.6 is 0 Å². The number of likely N-dealkylation sites (N-methyl/N-ethyl adjacent to an activating group) is 1. The van der Waals surface area contributed by atoms with E-state index in [1.807, 2.05) is 49.6 Å². The highest BCUT2D eigenvalue weighted by molar-refractivity contribution is 5.99. The Morgan fingerprint density at radius 3 is 2.73 bits per heavy atom. The van der Waals surface area contributed by atoms with Gasteiger partial charge in [-0.3, -0.25) is 4.79 Å². The topological polar surface area (TPSA) is 71.2 Å². The maximum atomic E-state index is 11.9. The third kappa shape index (κ3) is 2.80. The van der Waals surface area contributed by atoms with E-state index in [4.69, 9.17) is 5.73 Å². The Morgan fingerprint density at radius 1 is 1.32 bits per heavy atom. The maximum Gasteiger partial charge on any atom is 0.252 e. The Balaban J connectivity index is 1.97. The fourth-order valence-corrected chi connectivity index (χ4v) is 2.87. The summed E-state index contributed by atoms with van der Waals surface area (Å²) in [7, 11) is 1.95. The summed E-state index contributed by atoms with van der Waals surface area (Å²) in [4.78, 5) is 18.5. The van der Waals surface area contributed by atoms with Crippen molar-refractivity contribution in [1.29, 1.82) is 0 Å². The summed E-state index contributed by atoms with van der Waals surface area (Å²) in [5, 5.41) is 3.26. The first-order valence-electron chi connectivity index (χ1n) is 7.46. The molecule has 1 aliphatic rings. The Hall–Kier alpha value is -2.40. The van der Waals surface area contributed by atoms with Crippen LogP contribution in [0.25, 0.3) is 11.1 Å². The molecule has 0 spiro atoms. The van der Waals surface area contributed by atoms with Gasteiger partial charge in [-0.05, 0) is 25.1 Å². The molecule has 0 aliphatic carbocycles. The third-order valence-electron chi connectivity index (χ3n) is 4.14. The van der Waals surface area contributed by atoms with E-state index < -0.39 is 5.91 Å². The molecule has 2 aromatic rings. The highest BCUT2D eigenvalue weighted by atomic mass is 16.1. The smallest absolute Gasteiger partial charge is 0.252 e. The average molecular weight is 296 g/mol. The largest absolute Gasteiger partial charge is 0.365 e. The predicted octanol–water partition coefficient (Wildman–Crippen LogP) is 1.65. The molecule has 1 aromatic carbocycles. The number of rotatable bonds is 4. The molecule has 1 saturated heterocycles. The van der Waals surface area contributed by atoms with Crippen molar-refractivity contribution >= 4 is 11.7 Å². The predicted molar refractivity (Wildman–Crippen MR) is 87.9 cm³/mol. The molecule has 1 aromatic heterocycles. The Labute approximate surface area is 130 Å². The first-order chi connectivity index (χ1) is 10.7. The van der Waals surface area contributed by atoms with Gasteiger partial charge in [0.15, 0.2) is 0 Å². The van der Waals surface area contributed by atoms with Gasteiger partial charge in [0.1, 0.15) is 5.82 Å². The zero-order chi connectivity index (χ0) is 15.5. The van der Waals surface area contributed by atoms with Crippen LogP contribution in [0.4, 0.5) is 5.82 Å². The van der Waals surface area contributed by atoms with Crippen LogP contribution in [0.2, 0.25) is 0 Å². The Morgan fingerprint density at radius 2 is 2.09 bits per heavy atom. The van der Waals surface area contributed by atoms with Crippen molar-refractivity contribution in [2.45, 2.75) is 12.5 Å². The van der Waals surface area contributed by atoms with Gasteiger partial charge >= 0.3 is 0 Å². The van der Waals surface area contributed by atoms with Gasteiger partial charge in [0.05, 0.1) is 5.56 Å². The minimum absolute atomic E-state index is 0.427.